The Labute approximate surface area is 186 Å². The van der Waals surface area contributed by atoms with E-state index in [0.29, 0.717) is 24.9 Å². The van der Waals surface area contributed by atoms with Crippen LogP contribution in [0.25, 0.3) is 0 Å². The molecule has 1 aromatic rings. The highest BCUT2D eigenvalue weighted by Gasteiger charge is 2.26. The van der Waals surface area contributed by atoms with Crippen molar-refractivity contribution in [2.75, 3.05) is 26.7 Å². The number of rotatable bonds is 9. The lowest BCUT2D eigenvalue weighted by Crippen LogP contribution is -2.44. The molecule has 6 nitrogen and oxygen atoms in total. The van der Waals surface area contributed by atoms with Crippen LogP contribution in [-0.4, -0.2) is 55.6 Å². The van der Waals surface area contributed by atoms with Crippen LogP contribution in [0.1, 0.15) is 45.1 Å². The third-order valence-electron chi connectivity index (χ3n) is 4.90. The van der Waals surface area contributed by atoms with Crippen LogP contribution in [0.15, 0.2) is 29.3 Å². The first-order valence-corrected chi connectivity index (χ1v) is 10.0. The number of ether oxygens (including phenoxy) is 1. The molecule has 28 heavy (non-hydrogen) atoms. The number of nitrogens with zero attached hydrogens (tertiary/aromatic N) is 2. The van der Waals surface area contributed by atoms with Crippen molar-refractivity contribution in [1.29, 1.82) is 0 Å². The number of guanidine groups is 1. The summed E-state index contributed by atoms with van der Waals surface area (Å²) in [5, 5.41) is 6.65. The highest BCUT2D eigenvalue weighted by atomic mass is 127. The van der Waals surface area contributed by atoms with Crippen molar-refractivity contribution < 1.29 is 9.53 Å². The van der Waals surface area contributed by atoms with Gasteiger partial charge in [0, 0.05) is 32.6 Å². The number of amides is 1. The van der Waals surface area contributed by atoms with E-state index in [4.69, 9.17) is 4.74 Å². The maximum atomic E-state index is 11.9. The Hall–Kier alpha value is -1.51. The van der Waals surface area contributed by atoms with E-state index in [1.165, 1.54) is 5.56 Å². The molecule has 0 spiro atoms. The van der Waals surface area contributed by atoms with Crippen molar-refractivity contribution in [3.05, 3.63) is 29.8 Å². The number of aliphatic imine (C=N–C) groups is 1. The smallest absolute Gasteiger partial charge is 0.222 e. The number of benzene rings is 1. The summed E-state index contributed by atoms with van der Waals surface area (Å²) in [7, 11) is 1.77. The molecule has 0 aliphatic carbocycles. The molecule has 1 aromatic carbocycles. The van der Waals surface area contributed by atoms with Gasteiger partial charge in [0.1, 0.15) is 11.9 Å². The van der Waals surface area contributed by atoms with Gasteiger partial charge in [-0.2, -0.15) is 0 Å². The molecule has 2 rings (SSSR count). The Bertz CT molecular complexity index is 639. The van der Waals surface area contributed by atoms with Gasteiger partial charge >= 0.3 is 0 Å². The van der Waals surface area contributed by atoms with Crippen LogP contribution in [0.4, 0.5) is 0 Å². The summed E-state index contributed by atoms with van der Waals surface area (Å²) >= 11 is 0. The second-order valence-electron chi connectivity index (χ2n) is 7.17. The molecule has 2 N–H and O–H groups in total. The second-order valence-corrected chi connectivity index (χ2v) is 7.17. The van der Waals surface area contributed by atoms with Gasteiger partial charge in [-0.15, -0.1) is 24.0 Å². The van der Waals surface area contributed by atoms with Crippen molar-refractivity contribution in [2.24, 2.45) is 4.99 Å². The van der Waals surface area contributed by atoms with E-state index in [9.17, 15) is 4.79 Å². The summed E-state index contributed by atoms with van der Waals surface area (Å²) in [6.45, 7) is 8.59. The van der Waals surface area contributed by atoms with Crippen LogP contribution in [0.5, 0.6) is 5.75 Å². The fraction of sp³-hybridized carbons (Fsp3) is 0.619. The van der Waals surface area contributed by atoms with Crippen molar-refractivity contribution in [3.8, 4) is 5.75 Å². The number of halogens is 1. The summed E-state index contributed by atoms with van der Waals surface area (Å²) in [6.07, 6.45) is 3.63. The van der Waals surface area contributed by atoms with Crippen LogP contribution in [0.3, 0.4) is 0 Å². The molecule has 2 atom stereocenters. The monoisotopic (exact) mass is 502 g/mol. The lowest BCUT2D eigenvalue weighted by molar-refractivity contribution is -0.129. The Balaban J connectivity index is 0.00000392. The highest BCUT2D eigenvalue weighted by molar-refractivity contribution is 14.0. The van der Waals surface area contributed by atoms with Gasteiger partial charge in [-0.1, -0.05) is 19.1 Å². The first-order valence-electron chi connectivity index (χ1n) is 10.0. The van der Waals surface area contributed by atoms with Crippen LogP contribution in [0, 0.1) is 6.92 Å². The predicted molar refractivity (Wildman–Crippen MR) is 126 cm³/mol. The summed E-state index contributed by atoms with van der Waals surface area (Å²) in [4.78, 5) is 18.2. The Morgan fingerprint density at radius 3 is 2.75 bits per heavy atom. The van der Waals surface area contributed by atoms with Crippen LogP contribution < -0.4 is 15.4 Å². The number of hydrogen-bond acceptors (Lipinski definition) is 3. The van der Waals surface area contributed by atoms with Crippen LogP contribution >= 0.6 is 24.0 Å². The summed E-state index contributed by atoms with van der Waals surface area (Å²) in [5.74, 6) is 1.94. The summed E-state index contributed by atoms with van der Waals surface area (Å²) in [5.41, 5.74) is 1.19. The number of carbonyl (C=O) groups is 1. The number of likely N-dealkylation sites (tertiary alicyclic amines) is 1. The predicted octanol–water partition coefficient (Wildman–Crippen LogP) is 3.34. The van der Waals surface area contributed by atoms with E-state index < -0.39 is 0 Å². The average Bonchev–Trinajstić information content (AvgIpc) is 3.07. The molecular weight excluding hydrogens is 467 g/mol. The SMILES string of the molecule is CCC(CCNC(=NC)NCC(C)Oc1cccc(C)c1)N1CCCC1=O.I. The lowest BCUT2D eigenvalue weighted by Gasteiger charge is -2.27. The van der Waals surface area contributed by atoms with E-state index >= 15 is 0 Å². The van der Waals surface area contributed by atoms with E-state index in [0.717, 1.165) is 44.1 Å². The van der Waals surface area contributed by atoms with E-state index in [2.05, 4.69) is 35.5 Å². The van der Waals surface area contributed by atoms with Gasteiger partial charge in [0.2, 0.25) is 5.91 Å². The van der Waals surface area contributed by atoms with Crippen molar-refractivity contribution in [2.45, 2.75) is 58.6 Å². The summed E-state index contributed by atoms with van der Waals surface area (Å²) < 4.78 is 5.94. The van der Waals surface area contributed by atoms with Crippen molar-refractivity contribution >= 4 is 35.8 Å². The molecule has 7 heteroatoms. The third kappa shape index (κ3) is 7.85. The van der Waals surface area contributed by atoms with Crippen LogP contribution in [-0.2, 0) is 4.79 Å². The number of hydrogen-bond donors (Lipinski definition) is 2. The maximum Gasteiger partial charge on any atom is 0.222 e. The molecule has 0 saturated carbocycles. The average molecular weight is 502 g/mol. The fourth-order valence-corrected chi connectivity index (χ4v) is 3.42. The van der Waals surface area contributed by atoms with E-state index in [-0.39, 0.29) is 30.1 Å². The molecule has 1 amide bonds. The minimum absolute atomic E-state index is 0. The van der Waals surface area contributed by atoms with Gasteiger partial charge in [0.15, 0.2) is 5.96 Å². The largest absolute Gasteiger partial charge is 0.489 e. The molecule has 158 valence electrons. The minimum Gasteiger partial charge on any atom is -0.489 e. The highest BCUT2D eigenvalue weighted by Crippen LogP contribution is 2.17. The zero-order chi connectivity index (χ0) is 19.6. The Kier molecular flexibility index (Phi) is 11.3. The second kappa shape index (κ2) is 12.9. The zero-order valence-electron chi connectivity index (χ0n) is 17.5. The van der Waals surface area contributed by atoms with Gasteiger partial charge < -0.3 is 20.3 Å². The van der Waals surface area contributed by atoms with E-state index in [1.54, 1.807) is 7.05 Å². The van der Waals surface area contributed by atoms with Crippen molar-refractivity contribution in [1.82, 2.24) is 15.5 Å². The van der Waals surface area contributed by atoms with E-state index in [1.807, 2.05) is 30.0 Å². The third-order valence-corrected chi connectivity index (χ3v) is 4.90. The van der Waals surface area contributed by atoms with Gasteiger partial charge in [-0.3, -0.25) is 9.79 Å². The summed E-state index contributed by atoms with van der Waals surface area (Å²) in [6, 6.07) is 8.38. The number of aryl methyl sites for hydroxylation is 1. The first kappa shape index (κ1) is 24.5. The Morgan fingerprint density at radius 2 is 2.14 bits per heavy atom. The minimum atomic E-state index is 0. The molecule has 0 bridgehead atoms. The number of nitrogens with one attached hydrogen (secondary N) is 2. The topological polar surface area (TPSA) is 66.0 Å². The van der Waals surface area contributed by atoms with Gasteiger partial charge in [-0.05, 0) is 50.8 Å². The fourth-order valence-electron chi connectivity index (χ4n) is 3.42. The molecule has 0 radical (unpaired) electrons. The molecular formula is C21H35IN4O2. The zero-order valence-corrected chi connectivity index (χ0v) is 19.9. The molecule has 1 heterocycles. The Morgan fingerprint density at radius 1 is 1.36 bits per heavy atom. The van der Waals surface area contributed by atoms with Crippen LogP contribution in [0.2, 0.25) is 0 Å². The molecule has 1 saturated heterocycles. The molecule has 0 aromatic heterocycles. The van der Waals surface area contributed by atoms with Gasteiger partial charge in [-0.25, -0.2) is 0 Å². The standard InChI is InChI=1S/C21H34N4O2.HI/c1-5-18(25-13-7-10-20(25)26)11-12-23-21(22-4)24-15-17(3)27-19-9-6-8-16(2)14-19;/h6,8-9,14,17-18H,5,7,10-13,15H2,1-4H3,(H2,22,23,24);1H. The molecule has 1 aliphatic heterocycles. The van der Waals surface area contributed by atoms with Gasteiger partial charge in [0.25, 0.3) is 0 Å². The molecule has 1 fully saturated rings. The lowest BCUT2D eigenvalue weighted by atomic mass is 10.1. The molecule has 2 unspecified atom stereocenters. The number of carbonyl (C=O) groups excluding carboxylic acids is 1. The van der Waals surface area contributed by atoms with Crippen molar-refractivity contribution in [3.63, 3.8) is 0 Å². The quantitative estimate of drug-likeness (QED) is 0.309. The normalized spacial score (nSPS) is 16.4. The first-order chi connectivity index (χ1) is 13.0. The maximum absolute atomic E-state index is 11.9. The molecule has 1 aliphatic rings. The van der Waals surface area contributed by atoms with Gasteiger partial charge in [0.05, 0.1) is 6.54 Å².